The standard InChI is InChI=1S/2Bi.2Mn.15O.5Sn/q2*+3;2*+2;;;;;;10*-1;;;;;. The molecule has 0 atom stereocenters. The Bertz CT molecular complexity index is 221. The molecule has 0 aromatic heterocycles. The van der Waals surface area contributed by atoms with Crippen molar-refractivity contribution in [1.82, 2.24) is 0 Å². The summed E-state index contributed by atoms with van der Waals surface area (Å²) in [6.45, 7) is 0. The Kier molecular flexibility index (Phi) is 122. The maximum absolute atomic E-state index is 8.61. The SMILES string of the molecule is [Bi+3].[Bi+3].[Mn+2].[Mn+2].[O]=[Sn]([O-])[O-].[O]=[Sn]([O-])[O-].[O]=[Sn]([O-])[O-].[O]=[Sn]([O-])[O-].[O]=[Sn]([O-])[O-]. The van der Waals surface area contributed by atoms with Crippen LogP contribution >= 0.6 is 0 Å². The number of rotatable bonds is 0. The third-order valence-corrected chi connectivity index (χ3v) is 0. The van der Waals surface area contributed by atoms with Gasteiger partial charge in [-0.05, 0) is 0 Å². The van der Waals surface area contributed by atoms with Gasteiger partial charge in [0.05, 0.1) is 0 Å². The first-order valence-corrected chi connectivity index (χ1v) is 20.5. The molecule has 0 aromatic rings. The molecule has 0 heterocycles. The van der Waals surface area contributed by atoms with Crippen molar-refractivity contribution in [3.05, 3.63) is 0 Å². The summed E-state index contributed by atoms with van der Waals surface area (Å²) >= 11 is -21.5. The third-order valence-electron chi connectivity index (χ3n) is 0. The van der Waals surface area contributed by atoms with Gasteiger partial charge in [0.25, 0.3) is 0 Å². The second-order valence-electron chi connectivity index (χ2n) is 1.25. The van der Waals surface area contributed by atoms with Crippen LogP contribution in [-0.2, 0) is 49.5 Å². The first kappa shape index (κ1) is 57.0. The second-order valence-corrected chi connectivity index (χ2v) is 8.39. The zero-order chi connectivity index (χ0) is 17.9. The molecule has 0 rings (SSSR count). The van der Waals surface area contributed by atoms with E-state index in [0.29, 0.717) is 0 Å². The van der Waals surface area contributed by atoms with E-state index in [1.54, 1.807) is 0 Å². The Morgan fingerprint density at radius 2 is 0.333 bits per heavy atom. The van der Waals surface area contributed by atoms with E-state index in [0.717, 1.165) is 0 Å². The Labute approximate surface area is 234 Å². The minimum atomic E-state index is -4.29. The summed E-state index contributed by atoms with van der Waals surface area (Å²) in [4.78, 5) is 0. The van der Waals surface area contributed by atoms with Crippen LogP contribution < -0.4 is 34.4 Å². The van der Waals surface area contributed by atoms with Crippen molar-refractivity contribution in [1.29, 1.82) is 0 Å². The van der Waals surface area contributed by atoms with Gasteiger partial charge < -0.3 is 0 Å². The molecule has 0 aromatic carbocycles. The molecular weight excluding hydrogens is 1360 g/mol. The molecule has 0 spiro atoms. The maximum atomic E-state index is 8.61. The fourth-order valence-electron chi connectivity index (χ4n) is 0. The molecule has 0 aliphatic rings. The summed E-state index contributed by atoms with van der Waals surface area (Å²) in [6, 6.07) is 0. The molecule has 0 saturated heterocycles. The predicted octanol–water partition coefficient (Wildman–Crippen LogP) is -15.2. The fraction of sp³-hybridized carbons (Fsp3) is 0. The molecule has 24 heavy (non-hydrogen) atoms. The van der Waals surface area contributed by atoms with Gasteiger partial charge in [0.15, 0.2) is 0 Å². The Hall–Kier alpha value is 5.40. The van der Waals surface area contributed by atoms with E-state index in [1.807, 2.05) is 0 Å². The molecule has 0 unspecified atom stereocenters. The van der Waals surface area contributed by atoms with Gasteiger partial charge in [-0.2, -0.15) is 0 Å². The van der Waals surface area contributed by atoms with Crippen molar-refractivity contribution >= 4 is 155 Å². The van der Waals surface area contributed by atoms with Crippen molar-refractivity contribution in [2.24, 2.45) is 0 Å². The van der Waals surface area contributed by atoms with Crippen molar-refractivity contribution in [3.8, 4) is 0 Å². The molecule has 15 nitrogen and oxygen atoms in total. The van der Waals surface area contributed by atoms with Gasteiger partial charge in [-0.3, -0.25) is 0 Å². The molecule has 6 radical (unpaired) electrons. The average molecular weight is 1360 g/mol. The normalized spacial score (nSPS) is 5.42. The molecule has 0 N–H and O–H groups in total. The van der Waals surface area contributed by atoms with Gasteiger partial charge in [-0.1, -0.05) is 0 Å². The Balaban J connectivity index is -0.0000000161. The van der Waals surface area contributed by atoms with E-state index in [1.165, 1.54) is 0 Å². The van der Waals surface area contributed by atoms with Crippen LogP contribution in [-0.4, -0.2) is 155 Å². The van der Waals surface area contributed by atoms with Crippen LogP contribution in [0.4, 0.5) is 0 Å². The first-order valence-electron chi connectivity index (χ1n) is 3.06. The molecular formula is Bi2Mn2O15Sn5. The van der Waals surface area contributed by atoms with E-state index >= 15 is 0 Å². The van der Waals surface area contributed by atoms with Gasteiger partial charge in [0.2, 0.25) is 0 Å². The quantitative estimate of drug-likeness (QED) is 0.204. The summed E-state index contributed by atoms with van der Waals surface area (Å²) in [5, 5.41) is 0. The molecule has 134 valence electrons. The molecule has 24 heteroatoms. The van der Waals surface area contributed by atoms with Gasteiger partial charge in [0, 0.05) is 0 Å². The van der Waals surface area contributed by atoms with Crippen molar-refractivity contribution in [2.75, 3.05) is 0 Å². The van der Waals surface area contributed by atoms with E-state index in [-0.39, 0.29) is 86.5 Å². The summed E-state index contributed by atoms with van der Waals surface area (Å²) in [5.41, 5.74) is 0. The van der Waals surface area contributed by atoms with Gasteiger partial charge >= 0.3 is 239 Å². The van der Waals surface area contributed by atoms with Crippen LogP contribution in [0.1, 0.15) is 0 Å². The van der Waals surface area contributed by atoms with Crippen LogP contribution in [0.25, 0.3) is 0 Å². The molecule has 0 amide bonds. The summed E-state index contributed by atoms with van der Waals surface area (Å²) in [6.07, 6.45) is 0. The van der Waals surface area contributed by atoms with E-state index in [4.69, 9.17) is 49.8 Å². The number of hydrogen-bond donors (Lipinski definition) is 0. The molecule has 0 fully saturated rings. The van der Waals surface area contributed by atoms with Crippen LogP contribution in [0.3, 0.4) is 0 Å². The zero-order valence-corrected chi connectivity index (χ0v) is 33.9. The van der Waals surface area contributed by atoms with Crippen LogP contribution in [0.5, 0.6) is 0 Å². The van der Waals surface area contributed by atoms with Gasteiger partial charge in [-0.15, -0.1) is 0 Å². The summed E-state index contributed by atoms with van der Waals surface area (Å²) < 4.78 is 129. The third kappa shape index (κ3) is 655. The minimum absolute atomic E-state index is 0. The average Bonchev–Trinajstić information content (AvgIpc) is 1.94. The summed E-state index contributed by atoms with van der Waals surface area (Å²) in [5.74, 6) is 0. The Morgan fingerprint density at radius 1 is 0.333 bits per heavy atom. The van der Waals surface area contributed by atoms with Crippen LogP contribution in [0.15, 0.2) is 0 Å². The predicted molar refractivity (Wildman–Crippen MR) is 43.7 cm³/mol. The van der Waals surface area contributed by atoms with Gasteiger partial charge in [0.1, 0.15) is 0 Å². The zero-order valence-electron chi connectivity index (χ0n) is 10.3. The van der Waals surface area contributed by atoms with Crippen molar-refractivity contribution in [3.63, 3.8) is 0 Å². The monoisotopic (exact) mass is 1370 g/mol. The van der Waals surface area contributed by atoms with Crippen molar-refractivity contribution in [2.45, 2.75) is 0 Å². The molecule has 0 aliphatic heterocycles. The second kappa shape index (κ2) is 51.2. The molecule has 0 aliphatic carbocycles. The fourth-order valence-corrected chi connectivity index (χ4v) is 0. The van der Waals surface area contributed by atoms with E-state index in [2.05, 4.69) is 0 Å². The van der Waals surface area contributed by atoms with Crippen LogP contribution in [0, 0.1) is 0 Å². The van der Waals surface area contributed by atoms with Crippen molar-refractivity contribution < 1.29 is 84.0 Å². The number of hydrogen-bond acceptors (Lipinski definition) is 15. The van der Waals surface area contributed by atoms with Gasteiger partial charge in [-0.25, -0.2) is 0 Å². The van der Waals surface area contributed by atoms with E-state index in [9.17, 15) is 0 Å². The molecule has 0 bridgehead atoms. The first-order chi connectivity index (χ1) is 8.66. The molecule has 0 saturated carbocycles. The van der Waals surface area contributed by atoms with E-state index < -0.39 is 103 Å². The summed E-state index contributed by atoms with van der Waals surface area (Å²) in [7, 11) is 0. The topological polar surface area (TPSA) is 316 Å². The Morgan fingerprint density at radius 3 is 0.333 bits per heavy atom. The van der Waals surface area contributed by atoms with Crippen LogP contribution in [0.2, 0.25) is 0 Å².